The van der Waals surface area contributed by atoms with Crippen molar-refractivity contribution >= 4 is 0 Å². The summed E-state index contributed by atoms with van der Waals surface area (Å²) in [5.41, 5.74) is 1.30. The summed E-state index contributed by atoms with van der Waals surface area (Å²) in [4.78, 5) is 2.43. The molecule has 3 heteroatoms. The maximum absolute atomic E-state index is 5.21. The summed E-state index contributed by atoms with van der Waals surface area (Å²) in [7, 11) is 5.93. The van der Waals surface area contributed by atoms with Crippen molar-refractivity contribution in [2.24, 2.45) is 0 Å². The molecule has 0 amide bonds. The van der Waals surface area contributed by atoms with Crippen LogP contribution in [0.1, 0.15) is 38.3 Å². The molecule has 0 heterocycles. The lowest BCUT2D eigenvalue weighted by molar-refractivity contribution is 0.209. The van der Waals surface area contributed by atoms with E-state index in [1.165, 1.54) is 18.4 Å². The van der Waals surface area contributed by atoms with Crippen LogP contribution in [0.3, 0.4) is 0 Å². The zero-order valence-corrected chi connectivity index (χ0v) is 12.9. The highest BCUT2D eigenvalue weighted by molar-refractivity contribution is 5.29. The van der Waals surface area contributed by atoms with E-state index in [1.54, 1.807) is 7.11 Å². The normalized spacial score (nSPS) is 14.4. The second-order valence-electron chi connectivity index (χ2n) is 5.11. The largest absolute Gasteiger partial charge is 0.497 e. The molecule has 2 unspecified atom stereocenters. The summed E-state index contributed by atoms with van der Waals surface area (Å²) < 4.78 is 5.21. The molecule has 0 bridgehead atoms. The molecule has 0 aliphatic carbocycles. The van der Waals surface area contributed by atoms with Crippen LogP contribution in [-0.2, 0) is 0 Å². The Bertz CT molecular complexity index is 350. The highest BCUT2D eigenvalue weighted by atomic mass is 16.5. The molecule has 0 aromatic heterocycles. The van der Waals surface area contributed by atoms with E-state index in [2.05, 4.69) is 43.2 Å². The predicted octanol–water partition coefficient (Wildman–Crippen LogP) is 3.08. The number of likely N-dealkylation sites (N-methyl/N-ethyl adjacent to an activating group) is 2. The van der Waals surface area contributed by atoms with Crippen molar-refractivity contribution in [3.8, 4) is 5.75 Å². The van der Waals surface area contributed by atoms with E-state index in [1.807, 2.05) is 19.2 Å². The Labute approximate surface area is 118 Å². The molecule has 1 aromatic rings. The number of unbranched alkanes of at least 4 members (excludes halogenated alkanes) is 1. The molecule has 0 aliphatic rings. The number of hydrogen-bond donors (Lipinski definition) is 1. The smallest absolute Gasteiger partial charge is 0.118 e. The van der Waals surface area contributed by atoms with E-state index < -0.39 is 0 Å². The van der Waals surface area contributed by atoms with Crippen LogP contribution in [0.25, 0.3) is 0 Å². The number of benzene rings is 1. The van der Waals surface area contributed by atoms with Gasteiger partial charge in [-0.05, 0) is 51.7 Å². The molecule has 108 valence electrons. The van der Waals surface area contributed by atoms with Gasteiger partial charge in [-0.25, -0.2) is 0 Å². The van der Waals surface area contributed by atoms with E-state index >= 15 is 0 Å². The van der Waals surface area contributed by atoms with Crippen LogP contribution in [-0.4, -0.2) is 38.7 Å². The summed E-state index contributed by atoms with van der Waals surface area (Å²) >= 11 is 0. The summed E-state index contributed by atoms with van der Waals surface area (Å²) in [6, 6.07) is 9.14. The van der Waals surface area contributed by atoms with Gasteiger partial charge in [0.05, 0.1) is 7.11 Å². The fraction of sp³-hybridized carbons (Fsp3) is 0.625. The number of methoxy groups -OCH3 is 1. The topological polar surface area (TPSA) is 24.5 Å². The van der Waals surface area contributed by atoms with Gasteiger partial charge in [0.2, 0.25) is 0 Å². The third-order valence-corrected chi connectivity index (χ3v) is 3.83. The summed E-state index contributed by atoms with van der Waals surface area (Å²) in [5.74, 6) is 0.908. The van der Waals surface area contributed by atoms with Crippen molar-refractivity contribution < 1.29 is 4.74 Å². The maximum atomic E-state index is 5.21. The Morgan fingerprint density at radius 1 is 1.26 bits per heavy atom. The SMILES string of the molecule is CCCCN(C)C(C)C(NC)c1ccc(OC)cc1. The maximum Gasteiger partial charge on any atom is 0.118 e. The first-order chi connectivity index (χ1) is 9.13. The molecular formula is C16H28N2O. The lowest BCUT2D eigenvalue weighted by Gasteiger charge is -2.32. The number of hydrogen-bond acceptors (Lipinski definition) is 3. The molecule has 0 fully saturated rings. The number of nitrogens with zero attached hydrogens (tertiary/aromatic N) is 1. The lowest BCUT2D eigenvalue weighted by Crippen LogP contribution is -2.40. The van der Waals surface area contributed by atoms with Gasteiger partial charge in [0.15, 0.2) is 0 Å². The van der Waals surface area contributed by atoms with Gasteiger partial charge in [-0.15, -0.1) is 0 Å². The van der Waals surface area contributed by atoms with Crippen molar-refractivity contribution in [1.82, 2.24) is 10.2 Å². The van der Waals surface area contributed by atoms with Crippen molar-refractivity contribution in [2.75, 3.05) is 27.7 Å². The molecule has 0 saturated carbocycles. The second kappa shape index (κ2) is 8.18. The minimum atomic E-state index is 0.341. The highest BCUT2D eigenvalue weighted by Gasteiger charge is 2.20. The molecule has 1 aromatic carbocycles. The predicted molar refractivity (Wildman–Crippen MR) is 81.8 cm³/mol. The minimum Gasteiger partial charge on any atom is -0.497 e. The highest BCUT2D eigenvalue weighted by Crippen LogP contribution is 2.22. The first-order valence-electron chi connectivity index (χ1n) is 7.15. The third-order valence-electron chi connectivity index (χ3n) is 3.83. The van der Waals surface area contributed by atoms with E-state index in [4.69, 9.17) is 4.74 Å². The number of rotatable bonds is 8. The molecule has 0 radical (unpaired) electrons. The summed E-state index contributed by atoms with van der Waals surface area (Å²) in [6.45, 7) is 5.66. The summed E-state index contributed by atoms with van der Waals surface area (Å²) in [6.07, 6.45) is 2.49. The Hall–Kier alpha value is -1.06. The van der Waals surface area contributed by atoms with Crippen molar-refractivity contribution in [3.05, 3.63) is 29.8 Å². The van der Waals surface area contributed by atoms with E-state index in [9.17, 15) is 0 Å². The molecule has 0 spiro atoms. The number of nitrogens with one attached hydrogen (secondary N) is 1. The molecule has 3 nitrogen and oxygen atoms in total. The molecule has 1 rings (SSSR count). The zero-order chi connectivity index (χ0) is 14.3. The molecule has 2 atom stereocenters. The quantitative estimate of drug-likeness (QED) is 0.781. The van der Waals surface area contributed by atoms with Gasteiger partial charge >= 0.3 is 0 Å². The molecule has 0 saturated heterocycles. The van der Waals surface area contributed by atoms with Gasteiger partial charge in [-0.1, -0.05) is 25.5 Å². The molecular weight excluding hydrogens is 236 g/mol. The van der Waals surface area contributed by atoms with Crippen LogP contribution in [0.15, 0.2) is 24.3 Å². The minimum absolute atomic E-state index is 0.341. The standard InChI is InChI=1S/C16H28N2O/c1-6-7-12-18(4)13(2)16(17-3)14-8-10-15(19-5)11-9-14/h8-11,13,16-17H,6-7,12H2,1-5H3. The fourth-order valence-corrected chi connectivity index (χ4v) is 2.36. The van der Waals surface area contributed by atoms with Crippen molar-refractivity contribution in [3.63, 3.8) is 0 Å². The van der Waals surface area contributed by atoms with Gasteiger partial charge < -0.3 is 15.0 Å². The van der Waals surface area contributed by atoms with Crippen LogP contribution in [0.4, 0.5) is 0 Å². The van der Waals surface area contributed by atoms with Gasteiger partial charge in [0.25, 0.3) is 0 Å². The molecule has 0 aliphatic heterocycles. The lowest BCUT2D eigenvalue weighted by atomic mass is 9.99. The molecule has 1 N–H and O–H groups in total. The van der Waals surface area contributed by atoms with Crippen LogP contribution < -0.4 is 10.1 Å². The van der Waals surface area contributed by atoms with Crippen LogP contribution in [0, 0.1) is 0 Å². The van der Waals surface area contributed by atoms with Crippen LogP contribution in [0.2, 0.25) is 0 Å². The third kappa shape index (κ3) is 4.51. The average molecular weight is 264 g/mol. The zero-order valence-electron chi connectivity index (χ0n) is 12.9. The monoisotopic (exact) mass is 264 g/mol. The second-order valence-corrected chi connectivity index (χ2v) is 5.11. The Morgan fingerprint density at radius 2 is 1.89 bits per heavy atom. The van der Waals surface area contributed by atoms with Gasteiger partial charge in [0.1, 0.15) is 5.75 Å². The summed E-state index contributed by atoms with van der Waals surface area (Å²) in [5, 5.41) is 3.43. The average Bonchev–Trinajstić information content (AvgIpc) is 2.46. The first kappa shape index (κ1) is 16.0. The van der Waals surface area contributed by atoms with Gasteiger partial charge in [0, 0.05) is 12.1 Å². The van der Waals surface area contributed by atoms with Crippen molar-refractivity contribution in [2.45, 2.75) is 38.8 Å². The molecule has 19 heavy (non-hydrogen) atoms. The van der Waals surface area contributed by atoms with Gasteiger partial charge in [-0.2, -0.15) is 0 Å². The van der Waals surface area contributed by atoms with Crippen LogP contribution in [0.5, 0.6) is 5.75 Å². The van der Waals surface area contributed by atoms with E-state index in [0.29, 0.717) is 12.1 Å². The van der Waals surface area contributed by atoms with Crippen LogP contribution >= 0.6 is 0 Å². The Morgan fingerprint density at radius 3 is 2.37 bits per heavy atom. The fourth-order valence-electron chi connectivity index (χ4n) is 2.36. The Balaban J connectivity index is 2.74. The van der Waals surface area contributed by atoms with E-state index in [0.717, 1.165) is 12.3 Å². The van der Waals surface area contributed by atoms with Gasteiger partial charge in [-0.3, -0.25) is 0 Å². The first-order valence-corrected chi connectivity index (χ1v) is 7.15. The van der Waals surface area contributed by atoms with E-state index in [-0.39, 0.29) is 0 Å². The Kier molecular flexibility index (Phi) is 6.89. The van der Waals surface area contributed by atoms with Crippen molar-refractivity contribution in [1.29, 1.82) is 0 Å². The number of ether oxygens (including phenoxy) is 1.